The van der Waals surface area contributed by atoms with Gasteiger partial charge in [0.2, 0.25) is 17.9 Å². The average molecular weight is 586 g/mol. The minimum atomic E-state index is -4.71. The molecule has 12 heteroatoms. The Bertz CT molecular complexity index is 1380. The number of alkyl halides is 3. The van der Waals surface area contributed by atoms with Gasteiger partial charge in [-0.25, -0.2) is 0 Å². The third-order valence-corrected chi connectivity index (χ3v) is 7.92. The zero-order valence-corrected chi connectivity index (χ0v) is 23.2. The first-order valence-electron chi connectivity index (χ1n) is 14.0. The Labute approximate surface area is 241 Å². The van der Waals surface area contributed by atoms with Crippen molar-refractivity contribution >= 4 is 17.7 Å². The molecule has 1 aromatic heterocycles. The molecule has 5 rings (SSSR count). The van der Waals surface area contributed by atoms with E-state index in [9.17, 15) is 23.1 Å². The van der Waals surface area contributed by atoms with Crippen molar-refractivity contribution in [1.29, 1.82) is 0 Å². The molecule has 2 fully saturated rings. The van der Waals surface area contributed by atoms with E-state index < -0.39 is 24.3 Å². The number of nitrogen functional groups attached to an aromatic ring is 1. The molecular formula is C30H34F3N5O4. The number of nitrogens with two attached hydrogens (primary N) is 1. The minimum Gasteiger partial charge on any atom is -0.494 e. The fourth-order valence-corrected chi connectivity index (χ4v) is 5.59. The number of benzene rings is 2. The van der Waals surface area contributed by atoms with Gasteiger partial charge in [-0.15, -0.1) is 0 Å². The number of anilines is 2. The van der Waals surface area contributed by atoms with Crippen molar-refractivity contribution < 1.29 is 32.5 Å². The van der Waals surface area contributed by atoms with Crippen molar-refractivity contribution in [1.82, 2.24) is 15.3 Å². The Hall–Kier alpha value is -4.06. The Morgan fingerprint density at radius 1 is 1.12 bits per heavy atom. The molecule has 2 aliphatic heterocycles. The maximum atomic E-state index is 14.2. The van der Waals surface area contributed by atoms with Crippen molar-refractivity contribution in [2.45, 2.75) is 50.9 Å². The van der Waals surface area contributed by atoms with Gasteiger partial charge in [-0.2, -0.15) is 23.1 Å². The van der Waals surface area contributed by atoms with Crippen LogP contribution in [0.25, 0.3) is 11.1 Å². The van der Waals surface area contributed by atoms with E-state index in [1.165, 1.54) is 18.2 Å². The molecule has 224 valence electrons. The topological polar surface area (TPSA) is 123 Å². The third kappa shape index (κ3) is 6.70. The Balaban J connectivity index is 1.29. The number of hydrogen-bond donors (Lipinski definition) is 3. The number of aromatic nitrogens is 2. The van der Waals surface area contributed by atoms with E-state index in [-0.39, 0.29) is 22.8 Å². The molecule has 0 saturated carbocycles. The molecule has 0 amide bonds. The van der Waals surface area contributed by atoms with E-state index in [2.05, 4.69) is 15.3 Å². The van der Waals surface area contributed by atoms with Crippen LogP contribution in [0, 0.1) is 5.41 Å². The average Bonchev–Trinajstić information content (AvgIpc) is 3.38. The fraction of sp³-hybridized carbons (Fsp3) is 0.433. The zero-order valence-electron chi connectivity index (χ0n) is 23.2. The van der Waals surface area contributed by atoms with E-state index >= 15 is 0 Å². The van der Waals surface area contributed by atoms with Gasteiger partial charge in [-0.1, -0.05) is 43.3 Å². The summed E-state index contributed by atoms with van der Waals surface area (Å²) in [7, 11) is 0. The van der Waals surface area contributed by atoms with Gasteiger partial charge >= 0.3 is 12.1 Å². The fourth-order valence-electron chi connectivity index (χ4n) is 5.59. The van der Waals surface area contributed by atoms with Crippen LogP contribution in [0.5, 0.6) is 11.6 Å². The molecule has 42 heavy (non-hydrogen) atoms. The lowest BCUT2D eigenvalue weighted by molar-refractivity contribution is -0.198. The predicted octanol–water partition coefficient (Wildman–Crippen LogP) is 5.23. The van der Waals surface area contributed by atoms with E-state index in [4.69, 9.17) is 15.2 Å². The first-order chi connectivity index (χ1) is 20.0. The number of halogens is 3. The third-order valence-electron chi connectivity index (χ3n) is 7.92. The second kappa shape index (κ2) is 12.0. The Kier molecular flexibility index (Phi) is 8.44. The lowest BCUT2D eigenvalue weighted by Gasteiger charge is -2.39. The maximum Gasteiger partial charge on any atom is 0.429 e. The van der Waals surface area contributed by atoms with Crippen LogP contribution in [-0.4, -0.2) is 59.5 Å². The van der Waals surface area contributed by atoms with E-state index in [1.54, 1.807) is 12.1 Å². The number of aliphatic carboxylic acids is 1. The monoisotopic (exact) mass is 585 g/mol. The molecule has 1 spiro atoms. The molecule has 0 bridgehead atoms. The number of rotatable bonds is 9. The highest BCUT2D eigenvalue weighted by molar-refractivity contribution is 5.74. The molecule has 2 aliphatic rings. The first kappa shape index (κ1) is 29.4. The highest BCUT2D eigenvalue weighted by Gasteiger charge is 2.45. The summed E-state index contributed by atoms with van der Waals surface area (Å²) in [6.45, 7) is 4.35. The van der Waals surface area contributed by atoms with Crippen LogP contribution >= 0.6 is 0 Å². The number of carboxylic acid groups (broad SMARTS) is 1. The van der Waals surface area contributed by atoms with Gasteiger partial charge in [0.15, 0.2) is 0 Å². The lowest BCUT2D eigenvalue weighted by Crippen LogP contribution is -2.41. The summed E-state index contributed by atoms with van der Waals surface area (Å²) in [6.07, 6.45) is -4.11. The first-order valence-corrected chi connectivity index (χ1v) is 14.0. The van der Waals surface area contributed by atoms with Crippen LogP contribution in [0.3, 0.4) is 0 Å². The molecule has 3 aromatic rings. The predicted molar refractivity (Wildman–Crippen MR) is 151 cm³/mol. The minimum absolute atomic E-state index is 0.0745. The number of carbonyl (C=O) groups is 1. The Morgan fingerprint density at radius 2 is 1.76 bits per heavy atom. The van der Waals surface area contributed by atoms with Crippen molar-refractivity contribution in [3.63, 3.8) is 0 Å². The lowest BCUT2D eigenvalue weighted by atomic mass is 9.76. The molecule has 1 unspecified atom stereocenters. The van der Waals surface area contributed by atoms with Gasteiger partial charge < -0.3 is 30.5 Å². The summed E-state index contributed by atoms with van der Waals surface area (Å²) in [5.74, 6) is -0.229. The van der Waals surface area contributed by atoms with Crippen LogP contribution in [-0.2, 0) is 4.79 Å². The summed E-state index contributed by atoms with van der Waals surface area (Å²) >= 11 is 0. The molecular weight excluding hydrogens is 551 g/mol. The largest absolute Gasteiger partial charge is 0.494 e. The Morgan fingerprint density at radius 3 is 2.33 bits per heavy atom. The van der Waals surface area contributed by atoms with Gasteiger partial charge in [0.25, 0.3) is 0 Å². The van der Waals surface area contributed by atoms with Crippen LogP contribution in [0.15, 0.2) is 54.6 Å². The number of hydrogen-bond acceptors (Lipinski definition) is 8. The number of nitrogens with one attached hydrogen (secondary N) is 1. The zero-order chi connectivity index (χ0) is 29.9. The van der Waals surface area contributed by atoms with Crippen molar-refractivity contribution in [2.75, 3.05) is 36.9 Å². The van der Waals surface area contributed by atoms with E-state index in [0.29, 0.717) is 38.5 Å². The molecule has 3 heterocycles. The van der Waals surface area contributed by atoms with Gasteiger partial charge in [0, 0.05) is 31.3 Å². The smallest absolute Gasteiger partial charge is 0.429 e. The second-order valence-corrected chi connectivity index (χ2v) is 10.9. The van der Waals surface area contributed by atoms with Crippen LogP contribution in [0.1, 0.15) is 44.3 Å². The molecule has 9 nitrogen and oxygen atoms in total. The quantitative estimate of drug-likeness (QED) is 0.310. The normalized spacial score (nSPS) is 19.0. The summed E-state index contributed by atoms with van der Waals surface area (Å²) in [4.78, 5) is 21.5. The van der Waals surface area contributed by atoms with Gasteiger partial charge in [0.05, 0.1) is 6.61 Å². The number of carboxylic acids is 1. The molecule has 0 aliphatic carbocycles. The second-order valence-electron chi connectivity index (χ2n) is 10.9. The van der Waals surface area contributed by atoms with Gasteiger partial charge in [-0.05, 0) is 54.4 Å². The highest BCUT2D eigenvalue weighted by Crippen LogP contribution is 2.41. The van der Waals surface area contributed by atoms with E-state index in [0.717, 1.165) is 36.1 Å². The summed E-state index contributed by atoms with van der Waals surface area (Å²) in [5.41, 5.74) is 7.28. The maximum absolute atomic E-state index is 14.2. The standard InChI is InChI=1S/C30H34F3N5O4/c1-2-15-41-22-9-7-20(8-10-22)19-3-5-21(6-4-19)26(30(31,32)33)42-25-16-24(36-28(34)37-25)38-13-11-29(12-14-38)17-23(27(39)40)35-18-29/h3-10,16,23,26,35H,2,11-15,17-18H2,1H3,(H,39,40)(H2,34,36,37)/t23?,26-/m1/s1. The SMILES string of the molecule is CCCOc1ccc(-c2ccc([C@@H](Oc3cc(N4CCC5(CC4)CNC(C(=O)O)C5)nc(N)n3)C(F)(F)F)cc2)cc1. The summed E-state index contributed by atoms with van der Waals surface area (Å²) in [6, 6.07) is 14.2. The van der Waals surface area contributed by atoms with Crippen LogP contribution in [0.2, 0.25) is 0 Å². The van der Waals surface area contributed by atoms with Crippen LogP contribution in [0.4, 0.5) is 24.9 Å². The van der Waals surface area contributed by atoms with Gasteiger partial charge in [-0.3, -0.25) is 4.79 Å². The van der Waals surface area contributed by atoms with Crippen LogP contribution < -0.4 is 25.4 Å². The van der Waals surface area contributed by atoms with Crippen molar-refractivity contribution in [2.24, 2.45) is 5.41 Å². The highest BCUT2D eigenvalue weighted by atomic mass is 19.4. The number of piperidine rings is 1. The molecule has 2 atom stereocenters. The molecule has 4 N–H and O–H groups in total. The number of ether oxygens (including phenoxy) is 2. The number of nitrogens with zero attached hydrogens (tertiary/aromatic N) is 3. The van der Waals surface area contributed by atoms with Crippen molar-refractivity contribution in [3.05, 3.63) is 60.2 Å². The molecule has 2 saturated heterocycles. The van der Waals surface area contributed by atoms with Gasteiger partial charge in [0.1, 0.15) is 17.6 Å². The van der Waals surface area contributed by atoms with Crippen molar-refractivity contribution in [3.8, 4) is 22.8 Å². The summed E-state index contributed by atoms with van der Waals surface area (Å²) in [5, 5.41) is 12.4. The summed E-state index contributed by atoms with van der Waals surface area (Å²) < 4.78 is 53.6. The van der Waals surface area contributed by atoms with E-state index in [1.807, 2.05) is 36.1 Å². The molecule has 2 aromatic carbocycles. The molecule has 0 radical (unpaired) electrons.